The van der Waals surface area contributed by atoms with Gasteiger partial charge in [0.15, 0.2) is 0 Å². The highest BCUT2D eigenvalue weighted by Crippen LogP contribution is 2.20. The molecule has 2 amide bonds. The molecule has 1 saturated heterocycles. The van der Waals surface area contributed by atoms with E-state index in [-0.39, 0.29) is 5.69 Å². The first-order valence-corrected chi connectivity index (χ1v) is 6.53. The van der Waals surface area contributed by atoms with Crippen molar-refractivity contribution in [2.45, 2.75) is 25.3 Å². The van der Waals surface area contributed by atoms with Crippen LogP contribution in [0.4, 0.5) is 14.9 Å². The zero-order valence-corrected chi connectivity index (χ0v) is 11.3. The van der Waals surface area contributed by atoms with Crippen molar-refractivity contribution in [2.75, 3.05) is 19.0 Å². The van der Waals surface area contributed by atoms with E-state index in [0.717, 1.165) is 12.8 Å². The van der Waals surface area contributed by atoms with Crippen molar-refractivity contribution in [1.82, 2.24) is 4.90 Å². The van der Waals surface area contributed by atoms with Crippen LogP contribution in [0.25, 0.3) is 0 Å². The van der Waals surface area contributed by atoms with Crippen LogP contribution in [0.3, 0.4) is 0 Å². The third kappa shape index (κ3) is 3.07. The minimum absolute atomic E-state index is 0.103. The van der Waals surface area contributed by atoms with E-state index in [9.17, 15) is 14.0 Å². The molecule has 1 atom stereocenters. The highest BCUT2D eigenvalue weighted by molar-refractivity contribution is 5.92. The van der Waals surface area contributed by atoms with Gasteiger partial charge in [-0.3, -0.25) is 0 Å². The van der Waals surface area contributed by atoms with Gasteiger partial charge in [-0.05, 0) is 31.4 Å². The van der Waals surface area contributed by atoms with Crippen molar-refractivity contribution in [3.8, 4) is 0 Å². The number of carbonyl (C=O) groups excluding carboxylic acids is 2. The predicted octanol–water partition coefficient (Wildman–Crippen LogP) is 2.39. The van der Waals surface area contributed by atoms with Gasteiger partial charge in [0, 0.05) is 6.54 Å². The summed E-state index contributed by atoms with van der Waals surface area (Å²) in [6, 6.07) is 4.84. The number of hydrogen-bond acceptors (Lipinski definition) is 3. The summed E-state index contributed by atoms with van der Waals surface area (Å²) in [6.07, 6.45) is 2.25. The van der Waals surface area contributed by atoms with Crippen LogP contribution >= 0.6 is 0 Å². The minimum Gasteiger partial charge on any atom is -0.467 e. The van der Waals surface area contributed by atoms with E-state index in [4.69, 9.17) is 4.74 Å². The van der Waals surface area contributed by atoms with Crippen molar-refractivity contribution >= 4 is 17.7 Å². The Morgan fingerprint density at radius 2 is 2.10 bits per heavy atom. The van der Waals surface area contributed by atoms with Gasteiger partial charge in [-0.25, -0.2) is 14.0 Å². The number of para-hydroxylation sites is 1. The second-order valence-electron chi connectivity index (χ2n) is 4.64. The second kappa shape index (κ2) is 6.36. The van der Waals surface area contributed by atoms with Gasteiger partial charge in [-0.2, -0.15) is 0 Å². The Bertz CT molecular complexity index is 507. The zero-order chi connectivity index (χ0) is 14.5. The summed E-state index contributed by atoms with van der Waals surface area (Å²) in [6.45, 7) is 0.458. The lowest BCUT2D eigenvalue weighted by Gasteiger charge is -2.33. The highest BCUT2D eigenvalue weighted by Gasteiger charge is 2.33. The number of benzene rings is 1. The maximum absolute atomic E-state index is 13.5. The van der Waals surface area contributed by atoms with Crippen molar-refractivity contribution in [1.29, 1.82) is 0 Å². The molecule has 0 aromatic heterocycles. The summed E-state index contributed by atoms with van der Waals surface area (Å²) in [5.41, 5.74) is 0.103. The molecular formula is C14H17FN2O3. The maximum Gasteiger partial charge on any atom is 0.328 e. The van der Waals surface area contributed by atoms with Crippen molar-refractivity contribution in [3.63, 3.8) is 0 Å². The molecule has 0 radical (unpaired) electrons. The number of likely N-dealkylation sites (tertiary alicyclic amines) is 1. The normalized spacial score (nSPS) is 18.5. The number of piperidine rings is 1. The lowest BCUT2D eigenvalue weighted by molar-refractivity contribution is -0.146. The van der Waals surface area contributed by atoms with E-state index in [1.54, 1.807) is 12.1 Å². The summed E-state index contributed by atoms with van der Waals surface area (Å²) in [7, 11) is 1.30. The third-order valence-electron chi connectivity index (χ3n) is 3.35. The summed E-state index contributed by atoms with van der Waals surface area (Å²) in [4.78, 5) is 25.3. The lowest BCUT2D eigenvalue weighted by Crippen LogP contribution is -2.50. The van der Waals surface area contributed by atoms with Gasteiger partial charge in [0.1, 0.15) is 11.9 Å². The smallest absolute Gasteiger partial charge is 0.328 e. The molecule has 1 N–H and O–H groups in total. The summed E-state index contributed by atoms with van der Waals surface area (Å²) in [5.74, 6) is -0.944. The van der Waals surface area contributed by atoms with E-state index in [1.807, 2.05) is 0 Å². The molecule has 108 valence electrons. The molecule has 6 heteroatoms. The van der Waals surface area contributed by atoms with E-state index in [0.29, 0.717) is 13.0 Å². The number of amides is 2. The van der Waals surface area contributed by atoms with Crippen LogP contribution in [-0.4, -0.2) is 36.6 Å². The third-order valence-corrected chi connectivity index (χ3v) is 3.35. The summed E-state index contributed by atoms with van der Waals surface area (Å²) < 4.78 is 18.2. The fourth-order valence-electron chi connectivity index (χ4n) is 2.31. The molecule has 1 aromatic carbocycles. The number of halogens is 1. The zero-order valence-electron chi connectivity index (χ0n) is 11.3. The van der Waals surface area contributed by atoms with Crippen LogP contribution in [0.1, 0.15) is 19.3 Å². The first-order valence-electron chi connectivity index (χ1n) is 6.53. The molecule has 5 nitrogen and oxygen atoms in total. The Balaban J connectivity index is 2.10. The molecule has 0 aliphatic carbocycles. The minimum atomic E-state index is -0.597. The molecule has 1 aromatic rings. The van der Waals surface area contributed by atoms with Crippen LogP contribution in [0.15, 0.2) is 24.3 Å². The van der Waals surface area contributed by atoms with Gasteiger partial charge in [0.05, 0.1) is 12.8 Å². The van der Waals surface area contributed by atoms with Gasteiger partial charge >= 0.3 is 12.0 Å². The van der Waals surface area contributed by atoms with Crippen LogP contribution < -0.4 is 5.32 Å². The van der Waals surface area contributed by atoms with Crippen LogP contribution in [-0.2, 0) is 9.53 Å². The number of esters is 1. The van der Waals surface area contributed by atoms with E-state index in [2.05, 4.69) is 5.32 Å². The second-order valence-corrected chi connectivity index (χ2v) is 4.64. The quantitative estimate of drug-likeness (QED) is 0.846. The molecule has 0 saturated carbocycles. The molecule has 1 fully saturated rings. The highest BCUT2D eigenvalue weighted by atomic mass is 19.1. The monoisotopic (exact) mass is 280 g/mol. The summed E-state index contributed by atoms with van der Waals surface area (Å²) >= 11 is 0. The van der Waals surface area contributed by atoms with Crippen molar-refractivity contribution < 1.29 is 18.7 Å². The number of urea groups is 1. The van der Waals surface area contributed by atoms with E-state index >= 15 is 0 Å². The predicted molar refractivity (Wildman–Crippen MR) is 71.8 cm³/mol. The molecular weight excluding hydrogens is 263 g/mol. The van der Waals surface area contributed by atoms with Gasteiger partial charge in [-0.1, -0.05) is 12.1 Å². The van der Waals surface area contributed by atoms with Gasteiger partial charge in [0.25, 0.3) is 0 Å². The number of hydrogen-bond donors (Lipinski definition) is 1. The molecule has 0 bridgehead atoms. The number of nitrogens with one attached hydrogen (secondary N) is 1. The van der Waals surface area contributed by atoms with Crippen molar-refractivity contribution in [3.05, 3.63) is 30.1 Å². The Labute approximate surface area is 116 Å². The van der Waals surface area contributed by atoms with Gasteiger partial charge < -0.3 is 15.0 Å². The average molecular weight is 280 g/mol. The number of anilines is 1. The maximum atomic E-state index is 13.5. The summed E-state index contributed by atoms with van der Waals surface area (Å²) in [5, 5.41) is 2.49. The Morgan fingerprint density at radius 1 is 1.35 bits per heavy atom. The van der Waals surface area contributed by atoms with Crippen LogP contribution in [0.5, 0.6) is 0 Å². The van der Waals surface area contributed by atoms with Gasteiger partial charge in [-0.15, -0.1) is 0 Å². The number of rotatable bonds is 2. The number of methoxy groups -OCH3 is 1. The Kier molecular flexibility index (Phi) is 4.55. The standard InChI is InChI=1S/C14H17FN2O3/c1-20-13(18)12-8-4-5-9-17(12)14(19)16-11-7-3-2-6-10(11)15/h2-3,6-7,12H,4-5,8-9H2,1H3,(H,16,19). The molecule has 20 heavy (non-hydrogen) atoms. The van der Waals surface area contributed by atoms with Gasteiger partial charge in [0.2, 0.25) is 0 Å². The molecule has 2 rings (SSSR count). The van der Waals surface area contributed by atoms with Crippen molar-refractivity contribution in [2.24, 2.45) is 0 Å². The number of ether oxygens (including phenoxy) is 1. The molecule has 0 spiro atoms. The lowest BCUT2D eigenvalue weighted by atomic mass is 10.0. The molecule has 1 aliphatic heterocycles. The Morgan fingerprint density at radius 3 is 2.80 bits per heavy atom. The van der Waals surface area contributed by atoms with E-state index in [1.165, 1.54) is 24.1 Å². The fraction of sp³-hybridized carbons (Fsp3) is 0.429. The topological polar surface area (TPSA) is 58.6 Å². The first kappa shape index (κ1) is 14.3. The largest absolute Gasteiger partial charge is 0.467 e. The number of carbonyl (C=O) groups is 2. The molecule has 1 heterocycles. The first-order chi connectivity index (χ1) is 9.63. The van der Waals surface area contributed by atoms with E-state index < -0.39 is 23.9 Å². The SMILES string of the molecule is COC(=O)C1CCCCN1C(=O)Nc1ccccc1F. The average Bonchev–Trinajstić information content (AvgIpc) is 2.48. The molecule has 1 unspecified atom stereocenters. The number of nitrogens with zero attached hydrogens (tertiary/aromatic N) is 1. The van der Waals surface area contributed by atoms with Crippen LogP contribution in [0, 0.1) is 5.82 Å². The fourth-order valence-corrected chi connectivity index (χ4v) is 2.31. The Hall–Kier alpha value is -2.11. The van der Waals surface area contributed by atoms with Crippen LogP contribution in [0.2, 0.25) is 0 Å². The molecule has 1 aliphatic rings.